The minimum Gasteiger partial charge on any atom is -0.400 e. The van der Waals surface area contributed by atoms with Crippen molar-refractivity contribution in [2.45, 2.75) is 64.1 Å². The van der Waals surface area contributed by atoms with Crippen molar-refractivity contribution in [2.24, 2.45) is 0 Å². The molecule has 1 saturated heterocycles. The van der Waals surface area contributed by atoms with Crippen molar-refractivity contribution >= 4 is 13.2 Å². The van der Waals surface area contributed by atoms with Gasteiger partial charge in [0.25, 0.3) is 0 Å². The summed E-state index contributed by atoms with van der Waals surface area (Å²) in [7, 11) is -0.280. The highest BCUT2D eigenvalue weighted by Gasteiger charge is 2.50. The first-order valence-electron chi connectivity index (χ1n) is 7.87. The van der Waals surface area contributed by atoms with Crippen LogP contribution in [-0.4, -0.2) is 23.3 Å². The fourth-order valence-electron chi connectivity index (χ4n) is 2.78. The van der Waals surface area contributed by atoms with E-state index in [9.17, 15) is 0 Å². The van der Waals surface area contributed by atoms with Crippen LogP contribution in [0.4, 0.5) is 0 Å². The molecule has 0 radical (unpaired) electrons. The van der Waals surface area contributed by atoms with Gasteiger partial charge in [-0.25, -0.2) is 0 Å². The number of pyridine rings is 1. The van der Waals surface area contributed by atoms with Crippen molar-refractivity contribution in [2.75, 3.05) is 0 Å². The van der Waals surface area contributed by atoms with Crippen LogP contribution < -0.4 is 0 Å². The standard InChI is InChI=1S/C17H24BNO2/c1-16(2)17(3,4)21-18(20-16)10-8-14-9-11-19-12-15(14)13-6-5-7-13/h8-13H,5-7H2,1-4H3/b10-8+. The summed E-state index contributed by atoms with van der Waals surface area (Å²) in [6.45, 7) is 8.31. The first-order chi connectivity index (χ1) is 9.89. The SMILES string of the molecule is CC1(C)OB(/C=C/c2ccncc2C2CCC2)OC1(C)C. The molecule has 0 amide bonds. The van der Waals surface area contributed by atoms with Crippen LogP contribution in [0.25, 0.3) is 6.08 Å². The van der Waals surface area contributed by atoms with E-state index in [1.165, 1.54) is 30.4 Å². The molecule has 0 aromatic carbocycles. The summed E-state index contributed by atoms with van der Waals surface area (Å²) in [6.07, 6.45) is 9.88. The summed E-state index contributed by atoms with van der Waals surface area (Å²) in [5, 5.41) is 0. The molecule has 3 nitrogen and oxygen atoms in total. The van der Waals surface area contributed by atoms with Crippen LogP contribution in [0.1, 0.15) is 64.0 Å². The average molecular weight is 285 g/mol. The van der Waals surface area contributed by atoms with Crippen LogP contribution in [0.5, 0.6) is 0 Å². The molecule has 1 aliphatic carbocycles. The Labute approximate surface area is 127 Å². The van der Waals surface area contributed by atoms with E-state index in [-0.39, 0.29) is 18.3 Å². The second-order valence-corrected chi connectivity index (χ2v) is 7.12. The van der Waals surface area contributed by atoms with Gasteiger partial charge in [-0.1, -0.05) is 18.5 Å². The van der Waals surface area contributed by atoms with Gasteiger partial charge in [-0.3, -0.25) is 4.98 Å². The van der Waals surface area contributed by atoms with E-state index < -0.39 is 0 Å². The third kappa shape index (κ3) is 2.79. The van der Waals surface area contributed by atoms with Gasteiger partial charge in [0.05, 0.1) is 11.2 Å². The molecule has 0 spiro atoms. The normalized spacial score (nSPS) is 24.5. The summed E-state index contributed by atoms with van der Waals surface area (Å²) in [5.41, 5.74) is 2.04. The van der Waals surface area contributed by atoms with Gasteiger partial charge in [-0.05, 0) is 63.6 Å². The third-order valence-electron chi connectivity index (χ3n) is 5.14. The number of hydrogen-bond acceptors (Lipinski definition) is 3. The lowest BCUT2D eigenvalue weighted by Gasteiger charge is -2.32. The van der Waals surface area contributed by atoms with Crippen LogP contribution >= 0.6 is 0 Å². The van der Waals surface area contributed by atoms with Gasteiger partial charge in [-0.2, -0.15) is 0 Å². The average Bonchev–Trinajstić information content (AvgIpc) is 2.55. The molecule has 2 heterocycles. The Bertz CT molecular complexity index is 533. The van der Waals surface area contributed by atoms with Gasteiger partial charge in [0.2, 0.25) is 0 Å². The highest BCUT2D eigenvalue weighted by Crippen LogP contribution is 2.39. The first-order valence-corrected chi connectivity index (χ1v) is 7.87. The molecule has 1 aromatic rings. The van der Waals surface area contributed by atoms with Crippen molar-refractivity contribution in [1.82, 2.24) is 4.98 Å². The molecule has 2 fully saturated rings. The van der Waals surface area contributed by atoms with Crippen molar-refractivity contribution in [3.63, 3.8) is 0 Å². The van der Waals surface area contributed by atoms with Crippen molar-refractivity contribution in [3.8, 4) is 0 Å². The number of nitrogens with zero attached hydrogens (tertiary/aromatic N) is 1. The highest BCUT2D eigenvalue weighted by atomic mass is 16.7. The van der Waals surface area contributed by atoms with Gasteiger partial charge >= 0.3 is 7.12 Å². The Balaban J connectivity index is 1.76. The first kappa shape index (κ1) is 14.8. The topological polar surface area (TPSA) is 31.4 Å². The molecule has 1 saturated carbocycles. The van der Waals surface area contributed by atoms with Crippen molar-refractivity contribution in [1.29, 1.82) is 0 Å². The minimum absolute atomic E-state index is 0.280. The Kier molecular flexibility index (Phi) is 3.70. The minimum atomic E-state index is -0.281. The molecule has 4 heteroatoms. The van der Waals surface area contributed by atoms with Crippen LogP contribution in [0.15, 0.2) is 24.4 Å². The van der Waals surface area contributed by atoms with Crippen LogP contribution in [-0.2, 0) is 9.31 Å². The predicted octanol–water partition coefficient (Wildman–Crippen LogP) is 3.99. The van der Waals surface area contributed by atoms with E-state index in [0.717, 1.165) is 0 Å². The highest BCUT2D eigenvalue weighted by molar-refractivity contribution is 6.52. The summed E-state index contributed by atoms with van der Waals surface area (Å²) >= 11 is 0. The second kappa shape index (κ2) is 5.26. The van der Waals surface area contributed by atoms with Gasteiger partial charge in [0, 0.05) is 12.4 Å². The molecular formula is C17H24BNO2. The zero-order valence-corrected chi connectivity index (χ0v) is 13.4. The molecule has 0 atom stereocenters. The Hall–Kier alpha value is -1.13. The summed E-state index contributed by atoms with van der Waals surface area (Å²) < 4.78 is 12.0. The van der Waals surface area contributed by atoms with E-state index in [1.807, 2.05) is 18.4 Å². The zero-order chi connectivity index (χ0) is 15.1. The van der Waals surface area contributed by atoms with Gasteiger partial charge in [-0.15, -0.1) is 0 Å². The molecule has 0 bridgehead atoms. The molecule has 1 aromatic heterocycles. The fraction of sp³-hybridized carbons (Fsp3) is 0.588. The van der Waals surface area contributed by atoms with E-state index >= 15 is 0 Å². The van der Waals surface area contributed by atoms with E-state index in [0.29, 0.717) is 5.92 Å². The quantitative estimate of drug-likeness (QED) is 0.787. The smallest absolute Gasteiger partial charge is 0.400 e. The molecule has 21 heavy (non-hydrogen) atoms. The molecule has 1 aliphatic heterocycles. The van der Waals surface area contributed by atoms with Crippen LogP contribution in [0.3, 0.4) is 0 Å². The van der Waals surface area contributed by atoms with E-state index in [2.05, 4.69) is 44.8 Å². The molecule has 3 rings (SSSR count). The van der Waals surface area contributed by atoms with Crippen LogP contribution in [0, 0.1) is 0 Å². The maximum atomic E-state index is 6.00. The second-order valence-electron chi connectivity index (χ2n) is 7.12. The van der Waals surface area contributed by atoms with Gasteiger partial charge in [0.15, 0.2) is 0 Å². The number of aromatic nitrogens is 1. The molecule has 2 aliphatic rings. The Morgan fingerprint density at radius 1 is 1.19 bits per heavy atom. The largest absolute Gasteiger partial charge is 0.487 e. The maximum absolute atomic E-state index is 6.00. The molecular weight excluding hydrogens is 261 g/mol. The lowest BCUT2D eigenvalue weighted by molar-refractivity contribution is 0.00578. The summed E-state index contributed by atoms with van der Waals surface area (Å²) in [5.74, 6) is 2.70. The third-order valence-corrected chi connectivity index (χ3v) is 5.14. The molecule has 112 valence electrons. The van der Waals surface area contributed by atoms with Crippen molar-refractivity contribution in [3.05, 3.63) is 35.6 Å². The number of rotatable bonds is 3. The lowest BCUT2D eigenvalue weighted by atomic mass is 9.78. The summed E-state index contributed by atoms with van der Waals surface area (Å²) in [6, 6.07) is 2.08. The van der Waals surface area contributed by atoms with Gasteiger partial charge in [0.1, 0.15) is 0 Å². The van der Waals surface area contributed by atoms with Gasteiger partial charge < -0.3 is 9.31 Å². The molecule has 0 N–H and O–H groups in total. The van der Waals surface area contributed by atoms with E-state index in [4.69, 9.17) is 9.31 Å². The van der Waals surface area contributed by atoms with Crippen LogP contribution in [0.2, 0.25) is 0 Å². The zero-order valence-electron chi connectivity index (χ0n) is 13.4. The van der Waals surface area contributed by atoms with Crippen molar-refractivity contribution < 1.29 is 9.31 Å². The Morgan fingerprint density at radius 2 is 1.86 bits per heavy atom. The number of hydrogen-bond donors (Lipinski definition) is 0. The van der Waals surface area contributed by atoms with E-state index in [1.54, 1.807) is 0 Å². The molecule has 0 unspecified atom stereocenters. The lowest BCUT2D eigenvalue weighted by Crippen LogP contribution is -2.41. The predicted molar refractivity (Wildman–Crippen MR) is 85.9 cm³/mol. The maximum Gasteiger partial charge on any atom is 0.487 e. The Morgan fingerprint density at radius 3 is 2.43 bits per heavy atom. The fourth-order valence-corrected chi connectivity index (χ4v) is 2.78. The monoisotopic (exact) mass is 285 g/mol. The summed E-state index contributed by atoms with van der Waals surface area (Å²) in [4.78, 5) is 4.28.